The number of benzene rings is 9. The van der Waals surface area contributed by atoms with Crippen molar-refractivity contribution in [1.29, 1.82) is 0 Å². The molecule has 64 heavy (non-hydrogen) atoms. The van der Waals surface area contributed by atoms with Gasteiger partial charge in [-0.3, -0.25) is 11.8 Å². The molecule has 2 nitrogen and oxygen atoms in total. The Morgan fingerprint density at radius 3 is 0.906 bits per heavy atom. The third-order valence-corrected chi connectivity index (χ3v) is 16.6. The van der Waals surface area contributed by atoms with Crippen molar-refractivity contribution in [2.24, 2.45) is 0 Å². The van der Waals surface area contributed by atoms with E-state index < -0.39 is 15.8 Å². The molecular weight excluding hydrogens is 1180 g/mol. The number of hydrogen-bond acceptors (Lipinski definition) is 2. The monoisotopic (exact) mass is 1220 g/mol. The second-order valence-electron chi connectivity index (χ2n) is 14.6. The van der Waals surface area contributed by atoms with Gasteiger partial charge in [-0.2, -0.15) is 0 Å². The standard InChI is InChI=1S/C30H24P2.2C14H7O.2Au/c1-5-15-25(16-6-1)31(26-17-7-2-8-18-26)29-23-13-14-24-30(29)32(27-19-9-3-10-20-27)28-21-11-4-12-22-28;2*1-2-10-6-5-9-13-14(10)11-7-3-4-8-12(11)15-13;;/h1-24H;2*3-9H;;/q;2*-1;2*+1/p+2. The van der Waals surface area contributed by atoms with Crippen LogP contribution in [0.3, 0.4) is 0 Å². The average molecular weight is 1220 g/mol. The summed E-state index contributed by atoms with van der Waals surface area (Å²) in [7, 11) is -2.28. The van der Waals surface area contributed by atoms with Gasteiger partial charge in [-0.25, -0.2) is 0 Å². The molecule has 0 aliphatic carbocycles. The Kier molecular flexibility index (Phi) is 15.9. The van der Waals surface area contributed by atoms with Gasteiger partial charge in [-0.05, 0) is 95.7 Å². The molecule has 0 radical (unpaired) electrons. The summed E-state index contributed by atoms with van der Waals surface area (Å²) in [6.45, 7) is 0. The van der Waals surface area contributed by atoms with E-state index in [9.17, 15) is 0 Å². The van der Waals surface area contributed by atoms with Gasteiger partial charge in [0.1, 0.15) is 70.0 Å². The Labute approximate surface area is 408 Å². The molecule has 2 aromatic heterocycles. The van der Waals surface area contributed by atoms with Crippen LogP contribution in [0, 0.1) is 24.7 Å². The molecule has 0 amide bonds. The number of fused-ring (bicyclic) bond motifs is 6. The van der Waals surface area contributed by atoms with Crippen molar-refractivity contribution in [1.82, 2.24) is 0 Å². The van der Waals surface area contributed by atoms with Crippen molar-refractivity contribution in [2.75, 3.05) is 0 Å². The van der Waals surface area contributed by atoms with Crippen molar-refractivity contribution >= 4 is 91.5 Å². The van der Waals surface area contributed by atoms with Gasteiger partial charge in [0, 0.05) is 10.8 Å². The number of hydrogen-bond donors (Lipinski definition) is 0. The molecule has 0 N–H and O–H groups in total. The summed E-state index contributed by atoms with van der Waals surface area (Å²) < 4.78 is 11.3. The molecule has 11 rings (SSSR count). The second-order valence-corrected chi connectivity index (χ2v) is 19.5. The maximum atomic E-state index is 7.25. The summed E-state index contributed by atoms with van der Waals surface area (Å²) in [6.07, 6.45) is 14.5. The minimum atomic E-state index is -1.14. The first kappa shape index (κ1) is 46.0. The Balaban J connectivity index is 0.000000159. The molecule has 314 valence electrons. The van der Waals surface area contributed by atoms with Crippen LogP contribution in [-0.2, 0) is 44.8 Å². The first-order valence-corrected chi connectivity index (χ1v) is 23.4. The molecule has 0 atom stereocenters. The van der Waals surface area contributed by atoms with Crippen LogP contribution in [0.5, 0.6) is 0 Å². The number of rotatable bonds is 6. The van der Waals surface area contributed by atoms with Crippen molar-refractivity contribution in [3.63, 3.8) is 0 Å². The molecule has 11 aromatic rings. The molecule has 2 heterocycles. The van der Waals surface area contributed by atoms with Crippen molar-refractivity contribution in [3.8, 4) is 11.8 Å². The maximum absolute atomic E-state index is 7.25. The normalized spacial score (nSPS) is 10.5. The van der Waals surface area contributed by atoms with Crippen LogP contribution in [0.15, 0.2) is 239 Å². The Hall–Kier alpha value is -5.96. The zero-order valence-electron chi connectivity index (χ0n) is 34.4. The first-order valence-electron chi connectivity index (χ1n) is 20.4. The maximum Gasteiger partial charge on any atom is 1.00 e. The number of para-hydroxylation sites is 2. The molecule has 0 saturated carbocycles. The van der Waals surface area contributed by atoms with Crippen molar-refractivity contribution in [3.05, 3.63) is 254 Å². The predicted octanol–water partition coefficient (Wildman–Crippen LogP) is 11.7. The predicted molar refractivity (Wildman–Crippen MR) is 267 cm³/mol. The van der Waals surface area contributed by atoms with E-state index >= 15 is 0 Å². The average Bonchev–Trinajstić information content (AvgIpc) is 3.93. The fourth-order valence-electron chi connectivity index (χ4n) is 8.05. The van der Waals surface area contributed by atoms with E-state index in [4.69, 9.17) is 21.7 Å². The van der Waals surface area contributed by atoms with Gasteiger partial charge in [0.25, 0.3) is 0 Å². The molecule has 0 fully saturated rings. The summed E-state index contributed by atoms with van der Waals surface area (Å²) in [5, 5.41) is 12.7. The molecule has 6 heteroatoms. The zero-order valence-corrected chi connectivity index (χ0v) is 40.7. The largest absolute Gasteiger partial charge is 1.00 e. The summed E-state index contributed by atoms with van der Waals surface area (Å²) in [6, 6.07) is 80.4. The van der Waals surface area contributed by atoms with E-state index in [-0.39, 0.29) is 44.8 Å². The SMILES string of the molecule is [Au+].[Au+].[C-]#Cc1cccc2oc3ccccc3c12.[C-]#Cc1cccc2oc3ccccc3c12.c1ccc([PH+](c2ccccc2)c2ccccc2[PH+](c2ccccc2)c2ccccc2)cc1. The van der Waals surface area contributed by atoms with Crippen LogP contribution < -0.4 is 31.8 Å². The van der Waals surface area contributed by atoms with Crippen molar-refractivity contribution < 1.29 is 53.6 Å². The van der Waals surface area contributed by atoms with E-state index in [1.54, 1.807) is 0 Å². The second kappa shape index (κ2) is 22.1. The van der Waals surface area contributed by atoms with E-state index in [0.717, 1.165) is 55.0 Å². The molecule has 0 aliphatic rings. The Morgan fingerprint density at radius 1 is 0.297 bits per heavy atom. The molecule has 0 bridgehead atoms. The fourth-order valence-corrected chi connectivity index (χ4v) is 14.0. The van der Waals surface area contributed by atoms with E-state index in [2.05, 4.69) is 157 Å². The van der Waals surface area contributed by atoms with Gasteiger partial charge in [-0.1, -0.05) is 133 Å². The minimum Gasteiger partial charge on any atom is -0.458 e. The van der Waals surface area contributed by atoms with Gasteiger partial charge in [-0.15, -0.1) is 23.3 Å². The smallest absolute Gasteiger partial charge is 0.458 e. The van der Waals surface area contributed by atoms with Gasteiger partial charge < -0.3 is 21.7 Å². The van der Waals surface area contributed by atoms with Gasteiger partial charge >= 0.3 is 44.8 Å². The van der Waals surface area contributed by atoms with E-state index in [1.807, 2.05) is 84.9 Å². The Bertz CT molecular complexity index is 3030. The first-order chi connectivity index (χ1) is 30.7. The van der Waals surface area contributed by atoms with E-state index in [1.165, 1.54) is 31.8 Å². The number of furan rings is 2. The van der Waals surface area contributed by atoms with Crippen LogP contribution in [0.2, 0.25) is 0 Å². The summed E-state index contributed by atoms with van der Waals surface area (Å²) in [5.41, 5.74) is 4.89. The van der Waals surface area contributed by atoms with Crippen LogP contribution in [0.25, 0.3) is 43.9 Å². The summed E-state index contributed by atoms with van der Waals surface area (Å²) in [5.74, 6) is 4.88. The van der Waals surface area contributed by atoms with Gasteiger partial charge in [0.2, 0.25) is 0 Å². The topological polar surface area (TPSA) is 26.3 Å². The van der Waals surface area contributed by atoms with Gasteiger partial charge in [0.15, 0.2) is 0 Å². The fraction of sp³-hybridized carbons (Fsp3) is 0. The van der Waals surface area contributed by atoms with Crippen molar-refractivity contribution in [2.45, 2.75) is 0 Å². The quantitative estimate of drug-likeness (QED) is 0.0718. The van der Waals surface area contributed by atoms with Crippen LogP contribution >= 0.6 is 15.8 Å². The summed E-state index contributed by atoms with van der Waals surface area (Å²) in [4.78, 5) is 0. The third kappa shape index (κ3) is 9.89. The molecular formula is C58H40Au2O2P2+2. The molecule has 0 spiro atoms. The third-order valence-electron chi connectivity index (χ3n) is 10.8. The zero-order chi connectivity index (χ0) is 42.1. The molecule has 0 saturated heterocycles. The Morgan fingerprint density at radius 2 is 0.578 bits per heavy atom. The minimum absolute atomic E-state index is 0. The molecule has 0 unspecified atom stereocenters. The van der Waals surface area contributed by atoms with Crippen LogP contribution in [0.4, 0.5) is 0 Å². The molecule has 0 aliphatic heterocycles. The van der Waals surface area contributed by atoms with Crippen LogP contribution in [-0.4, -0.2) is 0 Å². The van der Waals surface area contributed by atoms with Gasteiger partial charge in [0.05, 0.1) is 0 Å². The molecule has 9 aromatic carbocycles. The summed E-state index contributed by atoms with van der Waals surface area (Å²) >= 11 is 0. The van der Waals surface area contributed by atoms with Crippen LogP contribution in [0.1, 0.15) is 11.1 Å². The van der Waals surface area contributed by atoms with E-state index in [0.29, 0.717) is 0 Å².